The summed E-state index contributed by atoms with van der Waals surface area (Å²) >= 11 is 0. The molecule has 1 aromatic carbocycles. The molecule has 0 radical (unpaired) electrons. The van der Waals surface area contributed by atoms with Gasteiger partial charge in [-0.25, -0.2) is 0 Å². The van der Waals surface area contributed by atoms with Crippen molar-refractivity contribution in [3.63, 3.8) is 0 Å². The molecule has 2 rings (SSSR count). The molecule has 114 valence electrons. The lowest BCUT2D eigenvalue weighted by Gasteiger charge is -2.07. The van der Waals surface area contributed by atoms with Gasteiger partial charge in [0.25, 0.3) is 0 Å². The van der Waals surface area contributed by atoms with Crippen LogP contribution in [0.25, 0.3) is 10.9 Å². The molecule has 0 aliphatic heterocycles. The van der Waals surface area contributed by atoms with Gasteiger partial charge < -0.3 is 25.0 Å². The summed E-state index contributed by atoms with van der Waals surface area (Å²) in [5.41, 5.74) is 7.50. The van der Waals surface area contributed by atoms with Crippen LogP contribution in [-0.4, -0.2) is 42.5 Å². The molecule has 0 saturated heterocycles. The molecule has 0 aliphatic carbocycles. The predicted molar refractivity (Wildman–Crippen MR) is 81.8 cm³/mol. The maximum Gasteiger partial charge on any atom is 0.170 e. The normalized spacial score (nSPS) is 12.1. The van der Waals surface area contributed by atoms with E-state index in [1.165, 1.54) is 0 Å². The molecule has 1 heterocycles. The molecule has 0 atom stereocenters. The molecule has 3 N–H and O–H groups in total. The summed E-state index contributed by atoms with van der Waals surface area (Å²) < 4.78 is 12.5. The lowest BCUT2D eigenvalue weighted by atomic mass is 10.1. The number of ether oxygens (including phenoxy) is 2. The van der Waals surface area contributed by atoms with Crippen molar-refractivity contribution in [2.45, 2.75) is 13.0 Å². The van der Waals surface area contributed by atoms with Crippen LogP contribution in [0.1, 0.15) is 12.0 Å². The van der Waals surface area contributed by atoms with Gasteiger partial charge in [0.1, 0.15) is 0 Å². The maximum absolute atomic E-state index is 8.83. The Hall–Kier alpha value is -2.05. The molecule has 0 saturated carbocycles. The van der Waals surface area contributed by atoms with Gasteiger partial charge in [-0.15, -0.1) is 0 Å². The van der Waals surface area contributed by atoms with E-state index in [1.807, 2.05) is 30.5 Å². The van der Waals surface area contributed by atoms with Crippen LogP contribution in [0.15, 0.2) is 35.6 Å². The van der Waals surface area contributed by atoms with Crippen molar-refractivity contribution in [2.75, 3.05) is 26.9 Å². The van der Waals surface area contributed by atoms with Crippen LogP contribution in [0.2, 0.25) is 0 Å². The fourth-order valence-electron chi connectivity index (χ4n) is 2.28. The highest BCUT2D eigenvalue weighted by Crippen LogP contribution is 2.20. The molecule has 6 nitrogen and oxygen atoms in total. The van der Waals surface area contributed by atoms with E-state index < -0.39 is 0 Å². The number of hydrogen-bond acceptors (Lipinski definition) is 4. The predicted octanol–water partition coefficient (Wildman–Crippen LogP) is 1.79. The number of aryl methyl sites for hydroxylation is 1. The smallest absolute Gasteiger partial charge is 0.170 e. The van der Waals surface area contributed by atoms with Gasteiger partial charge in [0.15, 0.2) is 5.84 Å². The molecule has 0 aliphatic rings. The topological polar surface area (TPSA) is 82.0 Å². The zero-order valence-electron chi connectivity index (χ0n) is 12.2. The van der Waals surface area contributed by atoms with E-state index in [2.05, 4.69) is 9.72 Å². The van der Waals surface area contributed by atoms with Crippen LogP contribution in [0.4, 0.5) is 0 Å². The van der Waals surface area contributed by atoms with E-state index in [9.17, 15) is 0 Å². The van der Waals surface area contributed by atoms with Crippen molar-refractivity contribution in [1.29, 1.82) is 0 Å². The number of methoxy groups -OCH3 is 1. The van der Waals surface area contributed by atoms with Crippen LogP contribution < -0.4 is 5.73 Å². The first kappa shape index (κ1) is 15.3. The van der Waals surface area contributed by atoms with E-state index in [4.69, 9.17) is 20.4 Å². The summed E-state index contributed by atoms with van der Waals surface area (Å²) in [6, 6.07) is 7.75. The van der Waals surface area contributed by atoms with E-state index in [-0.39, 0.29) is 5.84 Å². The minimum Gasteiger partial charge on any atom is -0.409 e. The number of nitrogens with two attached hydrogens (primary N) is 1. The monoisotopic (exact) mass is 291 g/mol. The van der Waals surface area contributed by atoms with E-state index in [0.29, 0.717) is 19.8 Å². The van der Waals surface area contributed by atoms with Gasteiger partial charge in [0, 0.05) is 42.9 Å². The second-order valence-electron chi connectivity index (χ2n) is 4.69. The number of hydrogen-bond donors (Lipinski definition) is 2. The average Bonchev–Trinajstić information content (AvgIpc) is 2.93. The first-order chi connectivity index (χ1) is 10.3. The molecular formula is C15H21N3O3. The van der Waals surface area contributed by atoms with Crippen molar-refractivity contribution in [3.8, 4) is 0 Å². The second kappa shape index (κ2) is 7.66. The highest BCUT2D eigenvalue weighted by atomic mass is 16.5. The van der Waals surface area contributed by atoms with E-state index in [0.717, 1.165) is 29.4 Å². The molecule has 6 heteroatoms. The van der Waals surface area contributed by atoms with Crippen molar-refractivity contribution in [1.82, 2.24) is 4.57 Å². The van der Waals surface area contributed by atoms with E-state index in [1.54, 1.807) is 7.11 Å². The fraction of sp³-hybridized carbons (Fsp3) is 0.400. The quantitative estimate of drug-likeness (QED) is 0.255. The van der Waals surface area contributed by atoms with Crippen LogP contribution in [0.3, 0.4) is 0 Å². The Morgan fingerprint density at radius 2 is 2.14 bits per heavy atom. The second-order valence-corrected chi connectivity index (χ2v) is 4.69. The Balaban J connectivity index is 2.02. The summed E-state index contributed by atoms with van der Waals surface area (Å²) in [6.45, 7) is 2.80. The molecule has 0 amide bonds. The maximum atomic E-state index is 8.83. The summed E-state index contributed by atoms with van der Waals surface area (Å²) in [7, 11) is 1.66. The van der Waals surface area contributed by atoms with Crippen LogP contribution in [0, 0.1) is 0 Å². The number of oxime groups is 1. The van der Waals surface area contributed by atoms with Gasteiger partial charge in [-0.3, -0.25) is 0 Å². The third kappa shape index (κ3) is 3.74. The standard InChI is InChI=1S/C15H21N3O3/c1-20-10-11-21-9-3-7-18-8-6-12-13(15(16)17-19)4-2-5-14(12)18/h2,4-6,8,19H,3,7,9-11H2,1H3,(H2,16,17). The highest BCUT2D eigenvalue weighted by Gasteiger charge is 2.08. The summed E-state index contributed by atoms with van der Waals surface area (Å²) in [6.07, 6.45) is 2.93. The molecule has 0 spiro atoms. The van der Waals surface area contributed by atoms with Gasteiger partial charge in [-0.1, -0.05) is 17.3 Å². The number of rotatable bonds is 8. The van der Waals surface area contributed by atoms with Gasteiger partial charge in [-0.05, 0) is 18.6 Å². The number of amidine groups is 1. The van der Waals surface area contributed by atoms with Gasteiger partial charge in [0.05, 0.1) is 13.2 Å². The number of aromatic nitrogens is 1. The summed E-state index contributed by atoms with van der Waals surface area (Å²) in [4.78, 5) is 0. The Labute approximate surface area is 123 Å². The fourth-order valence-corrected chi connectivity index (χ4v) is 2.28. The molecular weight excluding hydrogens is 270 g/mol. The van der Waals surface area contributed by atoms with Crippen molar-refractivity contribution < 1.29 is 14.7 Å². The number of nitrogens with zero attached hydrogens (tertiary/aromatic N) is 2. The first-order valence-corrected chi connectivity index (χ1v) is 6.90. The Morgan fingerprint density at radius 1 is 1.29 bits per heavy atom. The Bertz CT molecular complexity index is 607. The summed E-state index contributed by atoms with van der Waals surface area (Å²) in [5.74, 6) is 0.126. The van der Waals surface area contributed by atoms with Crippen LogP contribution >= 0.6 is 0 Å². The zero-order chi connectivity index (χ0) is 15.1. The number of benzene rings is 1. The minimum atomic E-state index is 0.126. The highest BCUT2D eigenvalue weighted by molar-refractivity contribution is 6.08. The van der Waals surface area contributed by atoms with Crippen molar-refractivity contribution in [3.05, 3.63) is 36.0 Å². The Kier molecular flexibility index (Phi) is 5.59. The first-order valence-electron chi connectivity index (χ1n) is 6.90. The van der Waals surface area contributed by atoms with Gasteiger partial charge in [0.2, 0.25) is 0 Å². The molecule has 2 aromatic rings. The SMILES string of the molecule is COCCOCCCn1ccc2c(/C(N)=N/O)cccc21. The largest absolute Gasteiger partial charge is 0.409 e. The van der Waals surface area contributed by atoms with Crippen LogP contribution in [0.5, 0.6) is 0 Å². The zero-order valence-corrected chi connectivity index (χ0v) is 12.2. The van der Waals surface area contributed by atoms with Crippen molar-refractivity contribution in [2.24, 2.45) is 10.9 Å². The lowest BCUT2D eigenvalue weighted by molar-refractivity contribution is 0.0681. The molecule has 0 bridgehead atoms. The summed E-state index contributed by atoms with van der Waals surface area (Å²) in [5, 5.41) is 12.9. The molecule has 1 aromatic heterocycles. The Morgan fingerprint density at radius 3 is 2.90 bits per heavy atom. The third-order valence-electron chi connectivity index (χ3n) is 3.32. The molecule has 0 fully saturated rings. The van der Waals surface area contributed by atoms with Crippen LogP contribution in [-0.2, 0) is 16.0 Å². The minimum absolute atomic E-state index is 0.126. The average molecular weight is 291 g/mol. The van der Waals surface area contributed by atoms with E-state index >= 15 is 0 Å². The third-order valence-corrected chi connectivity index (χ3v) is 3.32. The molecule has 21 heavy (non-hydrogen) atoms. The number of fused-ring (bicyclic) bond motifs is 1. The van der Waals surface area contributed by atoms with Crippen molar-refractivity contribution >= 4 is 16.7 Å². The molecule has 0 unspecified atom stereocenters. The lowest BCUT2D eigenvalue weighted by Crippen LogP contribution is -2.13. The van der Waals surface area contributed by atoms with Gasteiger partial charge >= 0.3 is 0 Å². The van der Waals surface area contributed by atoms with Gasteiger partial charge in [-0.2, -0.15) is 0 Å².